The molecule has 2 bridgehead atoms. The fraction of sp³-hybridized carbons (Fsp3) is 0.611. The summed E-state index contributed by atoms with van der Waals surface area (Å²) in [6.45, 7) is 2.35. The van der Waals surface area contributed by atoms with Crippen LogP contribution in [0.4, 0.5) is 0 Å². The molecule has 1 aliphatic heterocycles. The van der Waals surface area contributed by atoms with Crippen molar-refractivity contribution >= 4 is 6.29 Å². The molecule has 0 spiro atoms. The summed E-state index contributed by atoms with van der Waals surface area (Å²) in [4.78, 5) is 13.9. The maximum absolute atomic E-state index is 11.3. The molecule has 3 aliphatic rings. The molecule has 0 aromatic heterocycles. The average molecular weight is 285 g/mol. The number of rotatable bonds is 4. The highest BCUT2D eigenvalue weighted by Gasteiger charge is 2.46. The van der Waals surface area contributed by atoms with Crippen LogP contribution in [0.15, 0.2) is 18.2 Å². The number of likely N-dealkylation sites (tertiary alicyclic amines) is 1. The third-order valence-electron chi connectivity index (χ3n) is 5.80. The number of hydrogen-bond donors (Lipinski definition) is 1. The van der Waals surface area contributed by atoms with E-state index < -0.39 is 0 Å². The second-order valence-electron chi connectivity index (χ2n) is 7.24. The molecule has 1 heterocycles. The van der Waals surface area contributed by atoms with Crippen LogP contribution in [0, 0.1) is 5.92 Å². The number of piperidine rings is 1. The first-order valence-electron chi connectivity index (χ1n) is 8.20. The van der Waals surface area contributed by atoms with Crippen LogP contribution in [-0.2, 0) is 16.6 Å². The number of phenols is 1. The first-order chi connectivity index (χ1) is 10.2. The third kappa shape index (κ3) is 2.28. The molecule has 4 rings (SSSR count). The highest BCUT2D eigenvalue weighted by molar-refractivity contribution is 5.56. The van der Waals surface area contributed by atoms with Crippen molar-refractivity contribution in [1.29, 1.82) is 0 Å². The SMILES string of the molecule is O=CCC12CCN(CC3CC3)C(Cc3ccc(O)cc31)C2. The normalized spacial score (nSPS) is 31.7. The smallest absolute Gasteiger partial charge is 0.120 e. The predicted octanol–water partition coefficient (Wildman–Crippen LogP) is 2.65. The van der Waals surface area contributed by atoms with Crippen LogP contribution < -0.4 is 0 Å². The Hall–Kier alpha value is -1.35. The van der Waals surface area contributed by atoms with Gasteiger partial charge in [-0.15, -0.1) is 0 Å². The lowest BCUT2D eigenvalue weighted by Gasteiger charge is -2.51. The van der Waals surface area contributed by atoms with Crippen LogP contribution in [-0.4, -0.2) is 35.4 Å². The third-order valence-corrected chi connectivity index (χ3v) is 5.80. The van der Waals surface area contributed by atoms with Crippen molar-refractivity contribution in [2.75, 3.05) is 13.1 Å². The average Bonchev–Trinajstić information content (AvgIpc) is 3.28. The van der Waals surface area contributed by atoms with E-state index in [4.69, 9.17) is 0 Å². The van der Waals surface area contributed by atoms with Gasteiger partial charge in [0.15, 0.2) is 0 Å². The molecule has 1 saturated carbocycles. The van der Waals surface area contributed by atoms with Crippen LogP contribution in [0.1, 0.15) is 43.2 Å². The fourth-order valence-electron chi connectivity index (χ4n) is 4.49. The molecule has 1 saturated heterocycles. The molecule has 1 aromatic rings. The Labute approximate surface area is 126 Å². The van der Waals surface area contributed by atoms with Crippen molar-refractivity contribution < 1.29 is 9.90 Å². The maximum atomic E-state index is 11.3. The maximum Gasteiger partial charge on any atom is 0.120 e. The standard InChI is InChI=1S/C18H23NO2/c20-8-6-18-5-7-19(12-13-1-2-13)15(11-18)9-14-3-4-16(21)10-17(14)18/h3-4,8,10,13,15,21H,1-2,5-7,9,11-12H2. The van der Waals surface area contributed by atoms with Crippen molar-refractivity contribution in [2.45, 2.75) is 50.0 Å². The van der Waals surface area contributed by atoms with E-state index in [2.05, 4.69) is 11.0 Å². The van der Waals surface area contributed by atoms with E-state index in [1.807, 2.05) is 6.07 Å². The molecule has 2 unspecified atom stereocenters. The van der Waals surface area contributed by atoms with Crippen molar-refractivity contribution in [1.82, 2.24) is 4.90 Å². The molecule has 2 atom stereocenters. The van der Waals surface area contributed by atoms with E-state index >= 15 is 0 Å². The number of benzene rings is 1. The summed E-state index contributed by atoms with van der Waals surface area (Å²) in [5.74, 6) is 1.25. The van der Waals surface area contributed by atoms with Crippen molar-refractivity contribution in [3.8, 4) is 5.75 Å². The molecule has 0 amide bonds. The van der Waals surface area contributed by atoms with Gasteiger partial charge in [-0.3, -0.25) is 4.90 Å². The molecule has 21 heavy (non-hydrogen) atoms. The number of hydrogen-bond acceptors (Lipinski definition) is 3. The van der Waals surface area contributed by atoms with Crippen molar-refractivity contribution in [2.24, 2.45) is 5.92 Å². The zero-order valence-corrected chi connectivity index (χ0v) is 12.4. The Morgan fingerprint density at radius 2 is 2.24 bits per heavy atom. The van der Waals surface area contributed by atoms with Crippen LogP contribution >= 0.6 is 0 Å². The highest BCUT2D eigenvalue weighted by atomic mass is 16.3. The number of aldehydes is 1. The number of carbonyl (C=O) groups is 1. The zero-order valence-electron chi connectivity index (χ0n) is 12.4. The molecule has 112 valence electrons. The molecule has 3 nitrogen and oxygen atoms in total. The summed E-state index contributed by atoms with van der Waals surface area (Å²) in [5.41, 5.74) is 2.54. The van der Waals surface area contributed by atoms with E-state index in [9.17, 15) is 9.90 Å². The number of nitrogens with zero attached hydrogens (tertiary/aromatic N) is 1. The van der Waals surface area contributed by atoms with Crippen LogP contribution in [0.3, 0.4) is 0 Å². The molecule has 2 aliphatic carbocycles. The van der Waals surface area contributed by atoms with E-state index in [0.717, 1.165) is 38.0 Å². The van der Waals surface area contributed by atoms with Gasteiger partial charge in [-0.2, -0.15) is 0 Å². The second kappa shape index (κ2) is 4.84. The van der Waals surface area contributed by atoms with Gasteiger partial charge in [0.25, 0.3) is 0 Å². The summed E-state index contributed by atoms with van der Waals surface area (Å²) in [6.07, 6.45) is 7.66. The van der Waals surface area contributed by atoms with E-state index in [1.165, 1.54) is 30.5 Å². The Morgan fingerprint density at radius 3 is 3.00 bits per heavy atom. The minimum absolute atomic E-state index is 0.0290. The quantitative estimate of drug-likeness (QED) is 0.865. The summed E-state index contributed by atoms with van der Waals surface area (Å²) in [6, 6.07) is 6.35. The summed E-state index contributed by atoms with van der Waals surface area (Å²) >= 11 is 0. The van der Waals surface area contributed by atoms with Crippen LogP contribution in [0.5, 0.6) is 5.75 Å². The topological polar surface area (TPSA) is 40.5 Å². The van der Waals surface area contributed by atoms with Gasteiger partial charge in [0.2, 0.25) is 0 Å². The minimum atomic E-state index is -0.0290. The first kappa shape index (κ1) is 13.3. The molecular weight excluding hydrogens is 262 g/mol. The van der Waals surface area contributed by atoms with Gasteiger partial charge < -0.3 is 9.90 Å². The number of phenolic OH excluding ortho intramolecular Hbond substituents is 1. The Balaban J connectivity index is 1.69. The molecule has 1 N–H and O–H groups in total. The fourth-order valence-corrected chi connectivity index (χ4v) is 4.49. The van der Waals surface area contributed by atoms with Crippen molar-refractivity contribution in [3.63, 3.8) is 0 Å². The van der Waals surface area contributed by atoms with E-state index in [-0.39, 0.29) is 5.41 Å². The van der Waals surface area contributed by atoms with Gasteiger partial charge in [-0.05, 0) is 67.8 Å². The Bertz CT molecular complexity index is 566. The predicted molar refractivity (Wildman–Crippen MR) is 81.5 cm³/mol. The van der Waals surface area contributed by atoms with Crippen LogP contribution in [0.25, 0.3) is 0 Å². The number of aromatic hydroxyl groups is 1. The summed E-state index contributed by atoms with van der Waals surface area (Å²) in [7, 11) is 0. The van der Waals surface area contributed by atoms with Crippen molar-refractivity contribution in [3.05, 3.63) is 29.3 Å². The summed E-state index contributed by atoms with van der Waals surface area (Å²) in [5, 5.41) is 9.85. The molecule has 2 fully saturated rings. The molecule has 0 radical (unpaired) electrons. The Kier molecular flexibility index (Phi) is 3.07. The zero-order chi connectivity index (χ0) is 14.4. The summed E-state index contributed by atoms with van der Waals surface area (Å²) < 4.78 is 0. The molecule has 1 aromatic carbocycles. The van der Waals surface area contributed by atoms with Gasteiger partial charge in [-0.25, -0.2) is 0 Å². The van der Waals surface area contributed by atoms with Gasteiger partial charge in [-0.1, -0.05) is 6.07 Å². The van der Waals surface area contributed by atoms with Gasteiger partial charge in [0, 0.05) is 24.4 Å². The lowest BCUT2D eigenvalue weighted by Crippen LogP contribution is -2.53. The lowest BCUT2D eigenvalue weighted by molar-refractivity contribution is -0.109. The largest absolute Gasteiger partial charge is 0.508 e. The van der Waals surface area contributed by atoms with E-state index in [0.29, 0.717) is 18.2 Å². The van der Waals surface area contributed by atoms with E-state index in [1.54, 1.807) is 6.07 Å². The monoisotopic (exact) mass is 285 g/mol. The second-order valence-corrected chi connectivity index (χ2v) is 7.24. The van der Waals surface area contributed by atoms with Gasteiger partial charge >= 0.3 is 0 Å². The Morgan fingerprint density at radius 1 is 1.38 bits per heavy atom. The molecule has 3 heteroatoms. The lowest BCUT2D eigenvalue weighted by atomic mass is 9.62. The highest BCUT2D eigenvalue weighted by Crippen LogP contribution is 2.48. The van der Waals surface area contributed by atoms with Gasteiger partial charge in [0.05, 0.1) is 0 Å². The number of carbonyl (C=O) groups excluding carboxylic acids is 1. The molecular formula is C18H23NO2. The minimum Gasteiger partial charge on any atom is -0.508 e. The van der Waals surface area contributed by atoms with Gasteiger partial charge in [0.1, 0.15) is 12.0 Å². The number of fused-ring (bicyclic) bond motifs is 4. The van der Waals surface area contributed by atoms with Crippen LogP contribution in [0.2, 0.25) is 0 Å². The first-order valence-corrected chi connectivity index (χ1v) is 8.20.